The van der Waals surface area contributed by atoms with E-state index in [-0.39, 0.29) is 36.4 Å². The van der Waals surface area contributed by atoms with E-state index >= 15 is 0 Å². The Hall–Kier alpha value is -3.74. The minimum Gasteiger partial charge on any atom is -0.481 e. The average molecular weight is 448 g/mol. The highest BCUT2D eigenvalue weighted by molar-refractivity contribution is 5.94. The van der Waals surface area contributed by atoms with Gasteiger partial charge < -0.3 is 15.2 Å². The van der Waals surface area contributed by atoms with Gasteiger partial charge in [-0.3, -0.25) is 9.59 Å². The molecule has 0 fully saturated rings. The van der Waals surface area contributed by atoms with Crippen LogP contribution >= 0.6 is 0 Å². The molecule has 33 heavy (non-hydrogen) atoms. The fourth-order valence-corrected chi connectivity index (χ4v) is 3.21. The van der Waals surface area contributed by atoms with Crippen molar-refractivity contribution < 1.29 is 19.4 Å². The molecule has 172 valence electrons. The Morgan fingerprint density at radius 3 is 2.12 bits per heavy atom. The summed E-state index contributed by atoms with van der Waals surface area (Å²) in [5.41, 5.74) is 4.64. The number of nitrogens with one attached hydrogen (secondary N) is 1. The van der Waals surface area contributed by atoms with Crippen molar-refractivity contribution in [2.24, 2.45) is 0 Å². The first kappa shape index (κ1) is 23.9. The Bertz CT molecular complexity index is 1090. The Labute approximate surface area is 193 Å². The summed E-state index contributed by atoms with van der Waals surface area (Å²) in [5, 5.41) is 11.2. The van der Waals surface area contributed by atoms with Gasteiger partial charge in [0.05, 0.1) is 6.42 Å². The van der Waals surface area contributed by atoms with Gasteiger partial charge >= 0.3 is 12.0 Å². The number of benzene rings is 2. The largest absolute Gasteiger partial charge is 0.481 e. The average Bonchev–Trinajstić information content (AvgIpc) is 2.79. The van der Waals surface area contributed by atoms with Gasteiger partial charge in [-0.1, -0.05) is 57.2 Å². The van der Waals surface area contributed by atoms with Crippen LogP contribution in [0, 0.1) is 0 Å². The number of rotatable bonds is 8. The molecule has 0 bridgehead atoms. The number of hydrogen-bond donors (Lipinski definition) is 2. The van der Waals surface area contributed by atoms with Crippen molar-refractivity contribution in [2.45, 2.75) is 45.6 Å². The van der Waals surface area contributed by atoms with Gasteiger partial charge in [-0.05, 0) is 41.2 Å². The lowest BCUT2D eigenvalue weighted by atomic mass is 9.86. The summed E-state index contributed by atoms with van der Waals surface area (Å²) in [6.45, 7) is 8.52. The molecule has 2 aromatic carbocycles. The van der Waals surface area contributed by atoms with E-state index in [1.807, 2.05) is 6.92 Å². The Balaban J connectivity index is 1.59. The summed E-state index contributed by atoms with van der Waals surface area (Å²) < 4.78 is 5.86. The maximum atomic E-state index is 12.1. The van der Waals surface area contributed by atoms with Crippen LogP contribution in [-0.4, -0.2) is 33.5 Å². The Morgan fingerprint density at radius 2 is 1.58 bits per heavy atom. The number of aromatic nitrogens is 2. The lowest BCUT2D eigenvalue weighted by Gasteiger charge is -2.19. The normalized spacial score (nSPS) is 12.1. The highest BCUT2D eigenvalue weighted by Gasteiger charge is 2.14. The molecule has 3 rings (SSSR count). The number of carboxylic acids is 1. The van der Waals surface area contributed by atoms with Crippen molar-refractivity contribution >= 4 is 11.9 Å². The molecule has 1 aromatic heterocycles. The minimum absolute atomic E-state index is 0.0868. The standard InChI is InChI=1S/C26H29N3O4/c1-17(18-5-7-20(8-6-18)24(32)27-14-13-23(30)31)33-25-28-15-21(16-29-25)19-9-11-22(12-10-19)26(2,3)4/h5-12,15-17H,13-14H2,1-4H3,(H,27,32)(H,30,31). The predicted octanol–water partition coefficient (Wildman–Crippen LogP) is 4.79. The molecule has 3 aromatic rings. The van der Waals surface area contributed by atoms with Gasteiger partial charge in [0.15, 0.2) is 0 Å². The first-order chi connectivity index (χ1) is 15.6. The van der Waals surface area contributed by atoms with E-state index in [1.54, 1.807) is 36.7 Å². The lowest BCUT2D eigenvalue weighted by Crippen LogP contribution is -2.25. The topological polar surface area (TPSA) is 101 Å². The zero-order chi connectivity index (χ0) is 24.0. The van der Waals surface area contributed by atoms with Crippen molar-refractivity contribution in [3.05, 3.63) is 77.6 Å². The summed E-state index contributed by atoms with van der Waals surface area (Å²) in [5.74, 6) is -1.27. The van der Waals surface area contributed by atoms with E-state index in [9.17, 15) is 9.59 Å². The summed E-state index contributed by atoms with van der Waals surface area (Å²) >= 11 is 0. The third-order valence-corrected chi connectivity index (χ3v) is 5.26. The number of carbonyl (C=O) groups excluding carboxylic acids is 1. The maximum Gasteiger partial charge on any atom is 0.316 e. The molecule has 1 heterocycles. The number of carbonyl (C=O) groups is 2. The molecule has 1 atom stereocenters. The third-order valence-electron chi connectivity index (χ3n) is 5.26. The number of aliphatic carboxylic acids is 1. The van der Waals surface area contributed by atoms with Crippen LogP contribution in [0.25, 0.3) is 11.1 Å². The van der Waals surface area contributed by atoms with E-state index in [0.717, 1.165) is 16.7 Å². The molecule has 7 heteroatoms. The summed E-state index contributed by atoms with van der Waals surface area (Å²) in [7, 11) is 0. The molecule has 0 aliphatic rings. The molecular weight excluding hydrogens is 418 g/mol. The predicted molar refractivity (Wildman–Crippen MR) is 126 cm³/mol. The van der Waals surface area contributed by atoms with Crippen LogP contribution in [-0.2, 0) is 10.2 Å². The first-order valence-electron chi connectivity index (χ1n) is 10.8. The van der Waals surface area contributed by atoms with E-state index in [0.29, 0.717) is 5.56 Å². The molecule has 1 amide bonds. The zero-order valence-corrected chi connectivity index (χ0v) is 19.3. The SMILES string of the molecule is CC(Oc1ncc(-c2ccc(C(C)(C)C)cc2)cn1)c1ccc(C(=O)NCCC(=O)O)cc1. The number of amides is 1. The Kier molecular flexibility index (Phi) is 7.43. The molecular formula is C26H29N3O4. The van der Waals surface area contributed by atoms with Crippen molar-refractivity contribution in [3.8, 4) is 17.1 Å². The van der Waals surface area contributed by atoms with Crippen molar-refractivity contribution in [2.75, 3.05) is 6.54 Å². The fraction of sp³-hybridized carbons (Fsp3) is 0.308. The quantitative estimate of drug-likeness (QED) is 0.515. The van der Waals surface area contributed by atoms with Gasteiger partial charge in [0, 0.05) is 30.1 Å². The van der Waals surface area contributed by atoms with E-state index in [2.05, 4.69) is 60.3 Å². The maximum absolute atomic E-state index is 12.1. The fourth-order valence-electron chi connectivity index (χ4n) is 3.21. The number of hydrogen-bond acceptors (Lipinski definition) is 5. The van der Waals surface area contributed by atoms with Gasteiger partial charge in [-0.15, -0.1) is 0 Å². The van der Waals surface area contributed by atoms with Gasteiger partial charge in [0.25, 0.3) is 5.91 Å². The first-order valence-corrected chi connectivity index (χ1v) is 10.8. The highest BCUT2D eigenvalue weighted by atomic mass is 16.5. The second-order valence-corrected chi connectivity index (χ2v) is 8.86. The lowest BCUT2D eigenvalue weighted by molar-refractivity contribution is -0.136. The monoisotopic (exact) mass is 447 g/mol. The minimum atomic E-state index is -0.953. The van der Waals surface area contributed by atoms with Crippen LogP contribution in [0.1, 0.15) is 61.7 Å². The van der Waals surface area contributed by atoms with Crippen LogP contribution in [0.15, 0.2) is 60.9 Å². The second kappa shape index (κ2) is 10.3. The van der Waals surface area contributed by atoms with E-state index < -0.39 is 5.97 Å². The van der Waals surface area contributed by atoms with Gasteiger partial charge in [-0.2, -0.15) is 0 Å². The molecule has 1 unspecified atom stereocenters. The van der Waals surface area contributed by atoms with Crippen molar-refractivity contribution in [1.82, 2.24) is 15.3 Å². The molecule has 2 N–H and O–H groups in total. The smallest absolute Gasteiger partial charge is 0.316 e. The summed E-state index contributed by atoms with van der Waals surface area (Å²) in [4.78, 5) is 31.3. The van der Waals surface area contributed by atoms with Crippen LogP contribution in [0.2, 0.25) is 0 Å². The summed E-state index contributed by atoms with van der Waals surface area (Å²) in [6.07, 6.45) is 3.05. The number of ether oxygens (including phenoxy) is 1. The van der Waals surface area contributed by atoms with Gasteiger partial charge in [0.1, 0.15) is 6.10 Å². The molecule has 7 nitrogen and oxygen atoms in total. The number of nitrogens with zero attached hydrogens (tertiary/aromatic N) is 2. The van der Waals surface area contributed by atoms with E-state index in [4.69, 9.17) is 9.84 Å². The number of carboxylic acid groups (broad SMARTS) is 1. The van der Waals surface area contributed by atoms with Crippen LogP contribution in [0.3, 0.4) is 0 Å². The van der Waals surface area contributed by atoms with Crippen molar-refractivity contribution in [3.63, 3.8) is 0 Å². The van der Waals surface area contributed by atoms with Crippen LogP contribution in [0.5, 0.6) is 6.01 Å². The van der Waals surface area contributed by atoms with Crippen LogP contribution in [0.4, 0.5) is 0 Å². The molecule has 0 spiro atoms. The van der Waals surface area contributed by atoms with Crippen molar-refractivity contribution in [1.29, 1.82) is 0 Å². The van der Waals surface area contributed by atoms with Gasteiger partial charge in [0.2, 0.25) is 0 Å². The van der Waals surface area contributed by atoms with E-state index in [1.165, 1.54) is 5.56 Å². The highest BCUT2D eigenvalue weighted by Crippen LogP contribution is 2.26. The molecule has 0 radical (unpaired) electrons. The van der Waals surface area contributed by atoms with Gasteiger partial charge in [-0.25, -0.2) is 9.97 Å². The molecule has 0 aliphatic carbocycles. The Morgan fingerprint density at radius 1 is 0.970 bits per heavy atom. The third kappa shape index (κ3) is 6.62. The zero-order valence-electron chi connectivity index (χ0n) is 19.3. The second-order valence-electron chi connectivity index (χ2n) is 8.86. The molecule has 0 aliphatic heterocycles. The van der Waals surface area contributed by atoms with Crippen LogP contribution < -0.4 is 10.1 Å². The summed E-state index contributed by atoms with van der Waals surface area (Å²) in [6, 6.07) is 15.6. The molecule has 0 saturated carbocycles. The molecule has 0 saturated heterocycles.